The Morgan fingerprint density at radius 2 is 2.10 bits per heavy atom. The SMILES string of the molecule is CCCNC(c1ccc(Cl)c(OC)c1)C1(OC)CCC1. The molecule has 0 radical (unpaired) electrons. The highest BCUT2D eigenvalue weighted by Gasteiger charge is 2.45. The Hall–Kier alpha value is -0.770. The van der Waals surface area contributed by atoms with Gasteiger partial charge >= 0.3 is 0 Å². The van der Waals surface area contributed by atoms with Crippen molar-refractivity contribution >= 4 is 11.6 Å². The van der Waals surface area contributed by atoms with Gasteiger partial charge in [0.05, 0.1) is 23.8 Å². The summed E-state index contributed by atoms with van der Waals surface area (Å²) in [5.74, 6) is 0.720. The number of ether oxygens (including phenoxy) is 2. The van der Waals surface area contributed by atoms with Gasteiger partial charge in [0.2, 0.25) is 0 Å². The van der Waals surface area contributed by atoms with Crippen LogP contribution in [-0.4, -0.2) is 26.4 Å². The fourth-order valence-corrected chi connectivity index (χ4v) is 3.08. The minimum Gasteiger partial charge on any atom is -0.495 e. The van der Waals surface area contributed by atoms with Crippen LogP contribution in [0, 0.1) is 0 Å². The molecule has 1 aromatic rings. The van der Waals surface area contributed by atoms with Crippen molar-refractivity contribution in [2.24, 2.45) is 0 Å². The van der Waals surface area contributed by atoms with E-state index in [0.717, 1.165) is 31.6 Å². The molecule has 1 saturated carbocycles. The van der Waals surface area contributed by atoms with Crippen molar-refractivity contribution in [3.8, 4) is 5.75 Å². The second kappa shape index (κ2) is 6.79. The van der Waals surface area contributed by atoms with Crippen LogP contribution in [0.15, 0.2) is 18.2 Å². The summed E-state index contributed by atoms with van der Waals surface area (Å²) in [5.41, 5.74) is 1.09. The Balaban J connectivity index is 2.30. The average molecular weight is 298 g/mol. The first-order chi connectivity index (χ1) is 9.66. The summed E-state index contributed by atoms with van der Waals surface area (Å²) >= 11 is 6.12. The molecule has 0 amide bonds. The third-order valence-electron chi connectivity index (χ3n) is 4.24. The monoisotopic (exact) mass is 297 g/mol. The van der Waals surface area contributed by atoms with Crippen LogP contribution < -0.4 is 10.1 Å². The number of benzene rings is 1. The molecule has 1 unspecified atom stereocenters. The molecule has 1 fully saturated rings. The predicted octanol–water partition coefficient (Wildman–Crippen LogP) is 3.96. The van der Waals surface area contributed by atoms with E-state index in [1.165, 1.54) is 12.0 Å². The van der Waals surface area contributed by atoms with Crippen LogP contribution >= 0.6 is 11.6 Å². The van der Waals surface area contributed by atoms with E-state index < -0.39 is 0 Å². The lowest BCUT2D eigenvalue weighted by atomic mass is 9.72. The van der Waals surface area contributed by atoms with Gasteiger partial charge < -0.3 is 14.8 Å². The molecule has 2 rings (SSSR count). The van der Waals surface area contributed by atoms with Crippen molar-refractivity contribution in [2.45, 2.75) is 44.2 Å². The standard InChI is InChI=1S/C16H24ClNO2/c1-4-10-18-15(16(20-3)8-5-9-16)12-6-7-13(17)14(11-12)19-2/h6-7,11,15,18H,4-5,8-10H2,1-3H3. The number of hydrogen-bond acceptors (Lipinski definition) is 3. The number of methoxy groups -OCH3 is 2. The first kappa shape index (κ1) is 15.6. The summed E-state index contributed by atoms with van der Waals surface area (Å²) in [6, 6.07) is 6.18. The van der Waals surface area contributed by atoms with Gasteiger partial charge in [0.15, 0.2) is 0 Å². The van der Waals surface area contributed by atoms with Gasteiger partial charge in [0.1, 0.15) is 5.75 Å². The quantitative estimate of drug-likeness (QED) is 0.826. The fourth-order valence-electron chi connectivity index (χ4n) is 2.89. The van der Waals surface area contributed by atoms with E-state index in [9.17, 15) is 0 Å². The van der Waals surface area contributed by atoms with Gasteiger partial charge in [-0.15, -0.1) is 0 Å². The van der Waals surface area contributed by atoms with E-state index >= 15 is 0 Å². The summed E-state index contributed by atoms with van der Waals surface area (Å²) in [6.07, 6.45) is 4.51. The van der Waals surface area contributed by atoms with Crippen LogP contribution in [0.25, 0.3) is 0 Å². The summed E-state index contributed by atoms with van der Waals surface area (Å²) in [5, 5.41) is 4.27. The van der Waals surface area contributed by atoms with Gasteiger partial charge in [0.25, 0.3) is 0 Å². The maximum Gasteiger partial charge on any atom is 0.137 e. The second-order valence-corrected chi connectivity index (χ2v) is 5.81. The van der Waals surface area contributed by atoms with Crippen molar-refractivity contribution in [3.63, 3.8) is 0 Å². The minimum absolute atomic E-state index is 0.0893. The summed E-state index contributed by atoms with van der Waals surface area (Å²) in [6.45, 7) is 3.15. The molecule has 4 heteroatoms. The number of rotatable bonds is 7. The van der Waals surface area contributed by atoms with Crippen LogP contribution in [0.2, 0.25) is 5.02 Å². The van der Waals surface area contributed by atoms with Crippen LogP contribution in [0.3, 0.4) is 0 Å². The zero-order chi connectivity index (χ0) is 14.6. The molecule has 1 aromatic carbocycles. The van der Waals surface area contributed by atoms with E-state index in [-0.39, 0.29) is 11.6 Å². The first-order valence-electron chi connectivity index (χ1n) is 7.29. The Morgan fingerprint density at radius 1 is 1.35 bits per heavy atom. The lowest BCUT2D eigenvalue weighted by Gasteiger charge is -2.47. The highest BCUT2D eigenvalue weighted by atomic mass is 35.5. The van der Waals surface area contributed by atoms with Crippen molar-refractivity contribution in [2.75, 3.05) is 20.8 Å². The minimum atomic E-state index is -0.0893. The molecule has 0 bridgehead atoms. The van der Waals surface area contributed by atoms with Crippen LogP contribution in [-0.2, 0) is 4.74 Å². The predicted molar refractivity (Wildman–Crippen MR) is 82.6 cm³/mol. The lowest BCUT2D eigenvalue weighted by molar-refractivity contribution is -0.0997. The number of halogens is 1. The van der Waals surface area contributed by atoms with Gasteiger partial charge in [-0.05, 0) is 49.9 Å². The van der Waals surface area contributed by atoms with Gasteiger partial charge in [-0.2, -0.15) is 0 Å². The second-order valence-electron chi connectivity index (χ2n) is 5.40. The van der Waals surface area contributed by atoms with E-state index in [1.54, 1.807) is 7.11 Å². The molecule has 1 aliphatic rings. The van der Waals surface area contributed by atoms with E-state index in [1.807, 2.05) is 19.2 Å². The van der Waals surface area contributed by atoms with Crippen molar-refractivity contribution < 1.29 is 9.47 Å². The zero-order valence-corrected chi connectivity index (χ0v) is 13.3. The lowest BCUT2D eigenvalue weighted by Crippen LogP contribution is -2.50. The van der Waals surface area contributed by atoms with E-state index in [0.29, 0.717) is 5.02 Å². The normalized spacial score (nSPS) is 18.4. The fraction of sp³-hybridized carbons (Fsp3) is 0.625. The Bertz CT molecular complexity index is 441. The average Bonchev–Trinajstić information content (AvgIpc) is 2.42. The zero-order valence-electron chi connectivity index (χ0n) is 12.5. The number of hydrogen-bond donors (Lipinski definition) is 1. The molecule has 20 heavy (non-hydrogen) atoms. The van der Waals surface area contributed by atoms with Gasteiger partial charge in [-0.1, -0.05) is 24.6 Å². The third-order valence-corrected chi connectivity index (χ3v) is 4.55. The summed E-state index contributed by atoms with van der Waals surface area (Å²) in [4.78, 5) is 0. The molecule has 112 valence electrons. The highest BCUT2D eigenvalue weighted by Crippen LogP contribution is 2.45. The molecular formula is C16H24ClNO2. The molecule has 1 N–H and O–H groups in total. The summed E-state index contributed by atoms with van der Waals surface area (Å²) in [7, 11) is 3.46. The molecular weight excluding hydrogens is 274 g/mol. The molecule has 0 aliphatic heterocycles. The Kier molecular flexibility index (Phi) is 5.30. The Morgan fingerprint density at radius 3 is 2.60 bits per heavy atom. The van der Waals surface area contributed by atoms with Gasteiger partial charge in [-0.25, -0.2) is 0 Å². The summed E-state index contributed by atoms with van der Waals surface area (Å²) < 4.78 is 11.2. The molecule has 0 aromatic heterocycles. The number of nitrogens with one attached hydrogen (secondary N) is 1. The molecule has 3 nitrogen and oxygen atoms in total. The van der Waals surface area contributed by atoms with E-state index in [4.69, 9.17) is 21.1 Å². The van der Waals surface area contributed by atoms with Crippen LogP contribution in [0.5, 0.6) is 5.75 Å². The van der Waals surface area contributed by atoms with Crippen LogP contribution in [0.1, 0.15) is 44.2 Å². The van der Waals surface area contributed by atoms with Crippen molar-refractivity contribution in [1.29, 1.82) is 0 Å². The molecule has 0 spiro atoms. The molecule has 1 atom stereocenters. The maximum absolute atomic E-state index is 6.12. The highest BCUT2D eigenvalue weighted by molar-refractivity contribution is 6.32. The first-order valence-corrected chi connectivity index (χ1v) is 7.66. The molecule has 0 saturated heterocycles. The smallest absolute Gasteiger partial charge is 0.137 e. The molecule has 1 aliphatic carbocycles. The van der Waals surface area contributed by atoms with E-state index in [2.05, 4.69) is 18.3 Å². The van der Waals surface area contributed by atoms with Crippen molar-refractivity contribution in [3.05, 3.63) is 28.8 Å². The third kappa shape index (κ3) is 2.95. The van der Waals surface area contributed by atoms with Gasteiger partial charge in [0, 0.05) is 7.11 Å². The molecule has 0 heterocycles. The Labute approximate surface area is 126 Å². The van der Waals surface area contributed by atoms with Gasteiger partial charge in [-0.3, -0.25) is 0 Å². The van der Waals surface area contributed by atoms with Crippen LogP contribution in [0.4, 0.5) is 0 Å². The largest absolute Gasteiger partial charge is 0.495 e. The maximum atomic E-state index is 6.12. The van der Waals surface area contributed by atoms with Crippen molar-refractivity contribution in [1.82, 2.24) is 5.32 Å². The topological polar surface area (TPSA) is 30.5 Å².